The van der Waals surface area contributed by atoms with Gasteiger partial charge in [0.2, 0.25) is 5.91 Å². The summed E-state index contributed by atoms with van der Waals surface area (Å²) in [5.41, 5.74) is 7.11. The van der Waals surface area contributed by atoms with E-state index in [-0.39, 0.29) is 0 Å². The van der Waals surface area contributed by atoms with E-state index >= 15 is 0 Å². The molecule has 0 aliphatic carbocycles. The lowest BCUT2D eigenvalue weighted by atomic mass is 10.1. The first kappa shape index (κ1) is 13.1. The number of hydrogen-bond donors (Lipinski definition) is 2. The topological polar surface area (TPSA) is 91.3 Å². The molecular weight excluding hydrogens is 236 g/mol. The summed E-state index contributed by atoms with van der Waals surface area (Å²) in [6.07, 6.45) is 3.60. The van der Waals surface area contributed by atoms with Crippen molar-refractivity contribution in [3.05, 3.63) is 29.3 Å². The van der Waals surface area contributed by atoms with Crippen LogP contribution in [0.3, 0.4) is 0 Å². The van der Waals surface area contributed by atoms with E-state index in [1.807, 2.05) is 6.92 Å². The predicted octanol–water partition coefficient (Wildman–Crippen LogP) is 1.52. The summed E-state index contributed by atoms with van der Waals surface area (Å²) in [7, 11) is 0. The highest BCUT2D eigenvalue weighted by molar-refractivity contribution is 8.13. The number of amidine groups is 1. The van der Waals surface area contributed by atoms with Crippen LogP contribution in [0.5, 0.6) is 0 Å². The standard InChI is InChI=1S/C11H12N4OS/c1-7-3-4-8(10(13)16)5-9(7)15-11(17-2)14-6-12/h3-5H,1-2H3,(H2,13,16)(H,14,15). The molecule has 0 fully saturated rings. The Morgan fingerprint density at radius 2 is 2.29 bits per heavy atom. The number of thioether (sulfide) groups is 1. The zero-order valence-corrected chi connectivity index (χ0v) is 10.3. The van der Waals surface area contributed by atoms with E-state index in [1.54, 1.807) is 30.6 Å². The van der Waals surface area contributed by atoms with E-state index in [9.17, 15) is 4.79 Å². The highest BCUT2D eigenvalue weighted by Gasteiger charge is 2.05. The SMILES string of the molecule is CSC(=Nc1cc(C(N)=O)ccc1C)NC#N. The molecule has 0 aliphatic rings. The van der Waals surface area contributed by atoms with Crippen LogP contribution in [0.2, 0.25) is 0 Å². The zero-order valence-electron chi connectivity index (χ0n) is 9.52. The van der Waals surface area contributed by atoms with Crippen LogP contribution in [-0.2, 0) is 0 Å². The largest absolute Gasteiger partial charge is 0.366 e. The quantitative estimate of drug-likeness (QED) is 0.359. The third-order valence-electron chi connectivity index (χ3n) is 2.07. The molecule has 5 nitrogen and oxygen atoms in total. The van der Waals surface area contributed by atoms with Gasteiger partial charge in [0.25, 0.3) is 0 Å². The molecule has 1 amide bonds. The average molecular weight is 248 g/mol. The van der Waals surface area contributed by atoms with Crippen LogP contribution in [0.15, 0.2) is 23.2 Å². The molecule has 0 aromatic heterocycles. The molecule has 0 atom stereocenters. The maximum atomic E-state index is 11.0. The van der Waals surface area contributed by atoms with Gasteiger partial charge in [0, 0.05) is 5.56 Å². The van der Waals surface area contributed by atoms with Crippen LogP contribution in [0.4, 0.5) is 5.69 Å². The maximum Gasteiger partial charge on any atom is 0.248 e. The van der Waals surface area contributed by atoms with E-state index in [0.29, 0.717) is 16.4 Å². The van der Waals surface area contributed by atoms with Crippen LogP contribution in [0.1, 0.15) is 15.9 Å². The molecule has 0 saturated heterocycles. The first-order chi connectivity index (χ1) is 8.08. The fraction of sp³-hybridized carbons (Fsp3) is 0.182. The van der Waals surface area contributed by atoms with Crippen molar-refractivity contribution in [2.45, 2.75) is 6.92 Å². The van der Waals surface area contributed by atoms with Gasteiger partial charge in [-0.05, 0) is 30.9 Å². The third-order valence-corrected chi connectivity index (χ3v) is 2.65. The number of amides is 1. The van der Waals surface area contributed by atoms with Crippen molar-refractivity contribution in [1.82, 2.24) is 5.32 Å². The fourth-order valence-electron chi connectivity index (χ4n) is 1.16. The van der Waals surface area contributed by atoms with Crippen LogP contribution < -0.4 is 11.1 Å². The Kier molecular flexibility index (Phi) is 4.55. The second-order valence-electron chi connectivity index (χ2n) is 3.22. The van der Waals surface area contributed by atoms with Crippen molar-refractivity contribution in [3.8, 4) is 6.19 Å². The molecule has 1 aromatic carbocycles. The highest BCUT2D eigenvalue weighted by atomic mass is 32.2. The number of aryl methyl sites for hydroxylation is 1. The molecule has 0 unspecified atom stereocenters. The van der Waals surface area contributed by atoms with Gasteiger partial charge in [0.05, 0.1) is 5.69 Å². The van der Waals surface area contributed by atoms with E-state index < -0.39 is 5.91 Å². The summed E-state index contributed by atoms with van der Waals surface area (Å²) < 4.78 is 0. The van der Waals surface area contributed by atoms with Gasteiger partial charge >= 0.3 is 0 Å². The second kappa shape index (κ2) is 5.92. The van der Waals surface area contributed by atoms with Crippen molar-refractivity contribution < 1.29 is 4.79 Å². The molecule has 1 rings (SSSR count). The van der Waals surface area contributed by atoms with Crippen LogP contribution in [0.25, 0.3) is 0 Å². The van der Waals surface area contributed by atoms with Crippen LogP contribution >= 0.6 is 11.8 Å². The zero-order chi connectivity index (χ0) is 12.8. The Hall–Kier alpha value is -2.00. The minimum Gasteiger partial charge on any atom is -0.366 e. The number of aliphatic imine (C=N–C) groups is 1. The summed E-state index contributed by atoms with van der Waals surface area (Å²) in [4.78, 5) is 15.3. The van der Waals surface area contributed by atoms with Gasteiger partial charge in [0.15, 0.2) is 11.4 Å². The number of nitriles is 1. The Balaban J connectivity index is 3.17. The van der Waals surface area contributed by atoms with Gasteiger partial charge in [-0.25, -0.2) is 4.99 Å². The molecule has 0 radical (unpaired) electrons. The predicted molar refractivity (Wildman–Crippen MR) is 69.1 cm³/mol. The minimum absolute atomic E-state index is 0.395. The van der Waals surface area contributed by atoms with Gasteiger partial charge in [-0.1, -0.05) is 17.8 Å². The lowest BCUT2D eigenvalue weighted by Gasteiger charge is -2.04. The molecule has 1 aromatic rings. The summed E-state index contributed by atoms with van der Waals surface area (Å²) in [6.45, 7) is 1.87. The van der Waals surface area contributed by atoms with Crippen molar-refractivity contribution in [2.75, 3.05) is 6.26 Å². The lowest BCUT2D eigenvalue weighted by molar-refractivity contribution is 0.100. The van der Waals surface area contributed by atoms with E-state index in [2.05, 4.69) is 10.3 Å². The van der Waals surface area contributed by atoms with Crippen molar-refractivity contribution in [3.63, 3.8) is 0 Å². The number of carbonyl (C=O) groups is 1. The molecule has 3 N–H and O–H groups in total. The number of benzene rings is 1. The lowest BCUT2D eigenvalue weighted by Crippen LogP contribution is -2.13. The second-order valence-corrected chi connectivity index (χ2v) is 4.02. The smallest absolute Gasteiger partial charge is 0.248 e. The number of nitrogens with one attached hydrogen (secondary N) is 1. The van der Waals surface area contributed by atoms with E-state index in [1.165, 1.54) is 11.8 Å². The number of rotatable bonds is 2. The first-order valence-corrected chi connectivity index (χ1v) is 5.99. The first-order valence-electron chi connectivity index (χ1n) is 4.76. The van der Waals surface area contributed by atoms with Gasteiger partial charge in [-0.3, -0.25) is 10.1 Å². The molecule has 0 aliphatic heterocycles. The Bertz CT molecular complexity index is 505. The van der Waals surface area contributed by atoms with Gasteiger partial charge in [0.1, 0.15) is 0 Å². The fourth-order valence-corrected chi connectivity index (χ4v) is 1.50. The van der Waals surface area contributed by atoms with Crippen LogP contribution in [-0.4, -0.2) is 17.3 Å². The monoisotopic (exact) mass is 248 g/mol. The minimum atomic E-state index is -0.500. The average Bonchev–Trinajstić information content (AvgIpc) is 2.30. The summed E-state index contributed by atoms with van der Waals surface area (Å²) in [6, 6.07) is 5.02. The summed E-state index contributed by atoms with van der Waals surface area (Å²) in [5, 5.41) is 11.5. The van der Waals surface area contributed by atoms with Gasteiger partial charge in [-0.2, -0.15) is 5.26 Å². The van der Waals surface area contributed by atoms with Crippen molar-refractivity contribution >= 4 is 28.5 Å². The van der Waals surface area contributed by atoms with E-state index in [4.69, 9.17) is 11.0 Å². The van der Waals surface area contributed by atoms with Crippen LogP contribution in [0, 0.1) is 18.4 Å². The van der Waals surface area contributed by atoms with Crippen molar-refractivity contribution in [1.29, 1.82) is 5.26 Å². The molecule has 0 bridgehead atoms. The molecule has 0 heterocycles. The molecule has 88 valence electrons. The summed E-state index contributed by atoms with van der Waals surface area (Å²) in [5.74, 6) is -0.500. The number of nitrogens with zero attached hydrogens (tertiary/aromatic N) is 2. The maximum absolute atomic E-state index is 11.0. The van der Waals surface area contributed by atoms with Gasteiger partial charge < -0.3 is 5.73 Å². The number of carbonyl (C=O) groups excluding carboxylic acids is 1. The number of hydrogen-bond acceptors (Lipinski definition) is 4. The van der Waals surface area contributed by atoms with Gasteiger partial charge in [-0.15, -0.1) is 0 Å². The third kappa shape index (κ3) is 3.50. The Morgan fingerprint density at radius 3 is 2.82 bits per heavy atom. The normalized spacial score (nSPS) is 10.8. The molecule has 0 saturated carbocycles. The number of primary amides is 1. The molecule has 0 spiro atoms. The molecule has 6 heteroatoms. The number of nitrogens with two attached hydrogens (primary N) is 1. The summed E-state index contributed by atoms with van der Waals surface area (Å²) >= 11 is 1.31. The molecular formula is C11H12N4OS. The molecule has 17 heavy (non-hydrogen) atoms. The Morgan fingerprint density at radius 1 is 1.59 bits per heavy atom. The van der Waals surface area contributed by atoms with E-state index in [0.717, 1.165) is 5.56 Å². The van der Waals surface area contributed by atoms with Crippen molar-refractivity contribution in [2.24, 2.45) is 10.7 Å². The highest BCUT2D eigenvalue weighted by Crippen LogP contribution is 2.21. The Labute approximate surface area is 104 Å².